The van der Waals surface area contributed by atoms with Crippen molar-refractivity contribution in [1.29, 1.82) is 0 Å². The van der Waals surface area contributed by atoms with Crippen LogP contribution in [0.15, 0.2) is 28.6 Å². The predicted octanol–water partition coefficient (Wildman–Crippen LogP) is 2.43. The Bertz CT molecular complexity index is 733. The van der Waals surface area contributed by atoms with E-state index >= 15 is 0 Å². The fourth-order valence-electron chi connectivity index (χ4n) is 1.72. The van der Waals surface area contributed by atoms with Crippen molar-refractivity contribution < 1.29 is 17.2 Å². The highest BCUT2D eigenvalue weighted by molar-refractivity contribution is 7.89. The van der Waals surface area contributed by atoms with E-state index in [1.54, 1.807) is 18.5 Å². The third-order valence-corrected chi connectivity index (χ3v) is 5.21. The van der Waals surface area contributed by atoms with Crippen LogP contribution in [0.5, 0.6) is 0 Å². The number of rotatable bonds is 5. The fraction of sp³-hybridized carbons (Fsp3) is 0.250. The van der Waals surface area contributed by atoms with Gasteiger partial charge in [-0.15, -0.1) is 11.3 Å². The van der Waals surface area contributed by atoms with Gasteiger partial charge < -0.3 is 5.73 Å². The third kappa shape index (κ3) is 3.20. The van der Waals surface area contributed by atoms with Crippen LogP contribution in [-0.4, -0.2) is 13.4 Å². The average Bonchev–Trinajstić information content (AvgIpc) is 2.96. The van der Waals surface area contributed by atoms with Gasteiger partial charge >= 0.3 is 0 Å². The molecule has 2 aromatic rings. The number of hydrogen-bond donors (Lipinski definition) is 2. The molecule has 0 amide bonds. The molecule has 0 radical (unpaired) electrons. The number of sulfonamides is 1. The van der Waals surface area contributed by atoms with Crippen molar-refractivity contribution in [2.45, 2.75) is 24.3 Å². The molecule has 0 aliphatic heterocycles. The van der Waals surface area contributed by atoms with Crippen LogP contribution in [0.1, 0.15) is 24.4 Å². The van der Waals surface area contributed by atoms with E-state index < -0.39 is 38.3 Å². The van der Waals surface area contributed by atoms with Gasteiger partial charge in [0.15, 0.2) is 5.82 Å². The Labute approximate surface area is 124 Å². The molecule has 0 saturated carbocycles. The maximum absolute atomic E-state index is 13.9. The van der Waals surface area contributed by atoms with Crippen molar-refractivity contribution in [1.82, 2.24) is 9.71 Å². The summed E-state index contributed by atoms with van der Waals surface area (Å²) in [4.78, 5) is 3.35. The summed E-state index contributed by atoms with van der Waals surface area (Å²) in [7, 11) is -4.17. The molecular weight excluding hydrogens is 320 g/mol. The second-order valence-electron chi connectivity index (χ2n) is 4.23. The minimum absolute atomic E-state index is 0.436. The largest absolute Gasteiger partial charge is 0.394 e. The van der Waals surface area contributed by atoms with E-state index in [-0.39, 0.29) is 0 Å². The Morgan fingerprint density at radius 3 is 2.71 bits per heavy atom. The Morgan fingerprint density at radius 2 is 2.14 bits per heavy atom. The molecule has 1 aromatic heterocycles. The lowest BCUT2D eigenvalue weighted by Crippen LogP contribution is -2.29. The first kappa shape index (κ1) is 15.8. The SMILES string of the molecule is CCC(NS(=O)(=O)c1ccc(F)c(N)c1F)c1nccs1. The van der Waals surface area contributed by atoms with Crippen molar-refractivity contribution >= 4 is 27.0 Å². The number of hydrogen-bond acceptors (Lipinski definition) is 5. The Hall–Kier alpha value is -1.58. The minimum atomic E-state index is -4.17. The summed E-state index contributed by atoms with van der Waals surface area (Å²) in [6.07, 6.45) is 1.98. The van der Waals surface area contributed by atoms with Crippen LogP contribution in [0.3, 0.4) is 0 Å². The highest BCUT2D eigenvalue weighted by Gasteiger charge is 2.26. The molecule has 0 bridgehead atoms. The number of nitrogens with two attached hydrogens (primary N) is 1. The predicted molar refractivity (Wildman–Crippen MR) is 76.2 cm³/mol. The van der Waals surface area contributed by atoms with Gasteiger partial charge in [-0.3, -0.25) is 0 Å². The molecule has 1 atom stereocenters. The molecule has 0 aliphatic carbocycles. The summed E-state index contributed by atoms with van der Waals surface area (Å²) in [5, 5.41) is 2.28. The van der Waals surface area contributed by atoms with Gasteiger partial charge in [-0.05, 0) is 18.6 Å². The molecule has 2 rings (SSSR count). The highest BCUT2D eigenvalue weighted by atomic mass is 32.2. The highest BCUT2D eigenvalue weighted by Crippen LogP contribution is 2.26. The zero-order valence-electron chi connectivity index (χ0n) is 11.0. The molecule has 1 aromatic carbocycles. The second kappa shape index (κ2) is 6.04. The first-order valence-corrected chi connectivity index (χ1v) is 8.38. The zero-order valence-corrected chi connectivity index (χ0v) is 12.6. The molecule has 0 aliphatic rings. The Kier molecular flexibility index (Phi) is 4.55. The van der Waals surface area contributed by atoms with Gasteiger partial charge in [-0.25, -0.2) is 26.9 Å². The number of nitrogen functional groups attached to an aromatic ring is 1. The molecule has 1 unspecified atom stereocenters. The van der Waals surface area contributed by atoms with Gasteiger partial charge in [0.25, 0.3) is 0 Å². The number of benzene rings is 1. The molecule has 114 valence electrons. The lowest BCUT2D eigenvalue weighted by Gasteiger charge is -2.15. The Balaban J connectivity index is 2.37. The van der Waals surface area contributed by atoms with Gasteiger partial charge in [0.1, 0.15) is 21.4 Å². The molecule has 9 heteroatoms. The van der Waals surface area contributed by atoms with Crippen LogP contribution >= 0.6 is 11.3 Å². The zero-order chi connectivity index (χ0) is 15.6. The number of thiazole rings is 1. The second-order valence-corrected chi connectivity index (χ2v) is 6.83. The van der Waals surface area contributed by atoms with Crippen molar-refractivity contribution in [2.75, 3.05) is 5.73 Å². The molecule has 21 heavy (non-hydrogen) atoms. The van der Waals surface area contributed by atoms with E-state index in [4.69, 9.17) is 5.73 Å². The summed E-state index contributed by atoms with van der Waals surface area (Å²) < 4.78 is 53.8. The average molecular weight is 333 g/mol. The smallest absolute Gasteiger partial charge is 0.244 e. The number of nitrogens with one attached hydrogen (secondary N) is 1. The molecule has 3 N–H and O–H groups in total. The molecule has 0 spiro atoms. The van der Waals surface area contributed by atoms with Crippen molar-refractivity contribution in [3.8, 4) is 0 Å². The summed E-state index contributed by atoms with van der Waals surface area (Å²) in [6.45, 7) is 1.77. The molecule has 0 fully saturated rings. The molecule has 0 saturated heterocycles. The van der Waals surface area contributed by atoms with E-state index in [0.29, 0.717) is 11.4 Å². The normalized spacial score (nSPS) is 13.3. The van der Waals surface area contributed by atoms with Crippen LogP contribution in [0, 0.1) is 11.6 Å². The van der Waals surface area contributed by atoms with Gasteiger partial charge in [-0.1, -0.05) is 6.92 Å². The fourth-order valence-corrected chi connectivity index (χ4v) is 3.94. The number of halogens is 2. The van der Waals surface area contributed by atoms with Crippen LogP contribution in [0.4, 0.5) is 14.5 Å². The maximum atomic E-state index is 13.9. The Morgan fingerprint density at radius 1 is 1.43 bits per heavy atom. The number of nitrogens with zero attached hydrogens (tertiary/aromatic N) is 1. The topological polar surface area (TPSA) is 85.1 Å². The summed E-state index contributed by atoms with van der Waals surface area (Å²) >= 11 is 1.28. The lowest BCUT2D eigenvalue weighted by molar-refractivity contribution is 0.530. The van der Waals surface area contributed by atoms with E-state index in [2.05, 4.69) is 9.71 Å². The van der Waals surface area contributed by atoms with Crippen molar-refractivity contribution in [3.63, 3.8) is 0 Å². The van der Waals surface area contributed by atoms with Crippen LogP contribution in [-0.2, 0) is 10.0 Å². The molecule has 1 heterocycles. The quantitative estimate of drug-likeness (QED) is 0.823. The lowest BCUT2D eigenvalue weighted by atomic mass is 10.3. The molecule has 5 nitrogen and oxygen atoms in total. The summed E-state index contributed by atoms with van der Waals surface area (Å²) in [5.41, 5.74) is 4.37. The van der Waals surface area contributed by atoms with E-state index in [9.17, 15) is 17.2 Å². The number of aromatic nitrogens is 1. The minimum Gasteiger partial charge on any atom is -0.394 e. The first-order valence-electron chi connectivity index (χ1n) is 6.02. The van der Waals surface area contributed by atoms with Crippen molar-refractivity contribution in [2.24, 2.45) is 0 Å². The van der Waals surface area contributed by atoms with E-state index in [1.165, 1.54) is 11.3 Å². The summed E-state index contributed by atoms with van der Waals surface area (Å²) in [6, 6.07) is 1.08. The third-order valence-electron chi connectivity index (χ3n) is 2.84. The standard InChI is InChI=1S/C12H13F2N3O2S2/c1-2-8(12-16-5-6-20-12)17-21(18,19)9-4-3-7(13)11(15)10(9)14/h3-6,8,17H,2,15H2,1H3. The maximum Gasteiger partial charge on any atom is 0.244 e. The van der Waals surface area contributed by atoms with E-state index in [0.717, 1.165) is 12.1 Å². The van der Waals surface area contributed by atoms with Crippen LogP contribution in [0.25, 0.3) is 0 Å². The first-order chi connectivity index (χ1) is 9.86. The summed E-state index contributed by atoms with van der Waals surface area (Å²) in [5.74, 6) is -2.30. The van der Waals surface area contributed by atoms with Crippen LogP contribution in [0.2, 0.25) is 0 Å². The molecular formula is C12H13F2N3O2S2. The van der Waals surface area contributed by atoms with Crippen LogP contribution < -0.4 is 10.5 Å². The van der Waals surface area contributed by atoms with E-state index in [1.807, 2.05) is 0 Å². The van der Waals surface area contributed by atoms with Gasteiger partial charge in [-0.2, -0.15) is 0 Å². The van der Waals surface area contributed by atoms with Gasteiger partial charge in [0.05, 0.1) is 6.04 Å². The van der Waals surface area contributed by atoms with Gasteiger partial charge in [0.2, 0.25) is 10.0 Å². The number of anilines is 1. The monoisotopic (exact) mass is 333 g/mol. The van der Waals surface area contributed by atoms with Crippen molar-refractivity contribution in [3.05, 3.63) is 40.4 Å². The van der Waals surface area contributed by atoms with Gasteiger partial charge in [0, 0.05) is 11.6 Å².